The van der Waals surface area contributed by atoms with Crippen LogP contribution >= 0.6 is 15.9 Å². The molecule has 0 amide bonds. The molecule has 0 aliphatic rings. The van der Waals surface area contributed by atoms with E-state index in [9.17, 15) is 8.42 Å². The van der Waals surface area contributed by atoms with Gasteiger partial charge < -0.3 is 5.32 Å². The monoisotopic (exact) mass is 265 g/mol. The number of anilines is 1. The van der Waals surface area contributed by atoms with Crippen LogP contribution in [0.1, 0.15) is 0 Å². The van der Waals surface area contributed by atoms with Gasteiger partial charge in [0.05, 0.1) is 0 Å². The number of rotatable bonds is 3. The number of hydrogen-bond donors (Lipinski definition) is 2. The molecule has 0 heterocycles. The van der Waals surface area contributed by atoms with Gasteiger partial charge in [0.2, 0.25) is 0 Å². The summed E-state index contributed by atoms with van der Waals surface area (Å²) >= 11 is 3.24. The minimum Gasteiger partial charge on any atom is -0.370 e. The van der Waals surface area contributed by atoms with Crippen LogP contribution in [-0.4, -0.2) is 18.8 Å². The van der Waals surface area contributed by atoms with Crippen LogP contribution in [0.3, 0.4) is 0 Å². The molecule has 0 saturated heterocycles. The second-order valence-electron chi connectivity index (χ2n) is 2.41. The lowest BCUT2D eigenvalue weighted by atomic mass is 10.3. The smallest absolute Gasteiger partial charge is 0.283 e. The van der Waals surface area contributed by atoms with Gasteiger partial charge in [0.15, 0.2) is 0 Å². The Labute approximate surface area is 84.8 Å². The summed E-state index contributed by atoms with van der Waals surface area (Å²) in [6.45, 7) is 0. The van der Waals surface area contributed by atoms with E-state index in [2.05, 4.69) is 21.2 Å². The van der Waals surface area contributed by atoms with E-state index in [4.69, 9.17) is 4.55 Å². The van der Waals surface area contributed by atoms with Crippen molar-refractivity contribution in [3.63, 3.8) is 0 Å². The molecule has 0 spiro atoms. The molecule has 0 saturated carbocycles. The first kappa shape index (κ1) is 10.5. The summed E-state index contributed by atoms with van der Waals surface area (Å²) in [6.07, 6.45) is 0. The Hall–Kier alpha value is -0.590. The molecule has 0 aliphatic heterocycles. The molecule has 2 N–H and O–H groups in total. The van der Waals surface area contributed by atoms with Gasteiger partial charge >= 0.3 is 0 Å². The third kappa shape index (κ3) is 4.25. The highest BCUT2D eigenvalue weighted by atomic mass is 79.9. The molecule has 1 rings (SSSR count). The lowest BCUT2D eigenvalue weighted by Gasteiger charge is -2.03. The summed E-state index contributed by atoms with van der Waals surface area (Å²) in [4.78, 5) is 0. The van der Waals surface area contributed by atoms with Crippen LogP contribution in [0.15, 0.2) is 28.7 Å². The van der Waals surface area contributed by atoms with Crippen molar-refractivity contribution in [1.29, 1.82) is 0 Å². The Morgan fingerprint density at radius 3 is 2.31 bits per heavy atom. The van der Waals surface area contributed by atoms with E-state index in [-0.39, 0.29) is 0 Å². The van der Waals surface area contributed by atoms with Gasteiger partial charge in [-0.25, -0.2) is 0 Å². The van der Waals surface area contributed by atoms with E-state index in [1.165, 1.54) is 0 Å². The summed E-state index contributed by atoms with van der Waals surface area (Å²) in [5.41, 5.74) is 0.640. The molecule has 0 aromatic heterocycles. The third-order valence-corrected chi connectivity index (χ3v) is 2.34. The Kier molecular flexibility index (Phi) is 3.29. The molecule has 72 valence electrons. The number of hydrogen-bond acceptors (Lipinski definition) is 3. The summed E-state index contributed by atoms with van der Waals surface area (Å²) in [7, 11) is -3.96. The predicted molar refractivity (Wildman–Crippen MR) is 54.2 cm³/mol. The maximum absolute atomic E-state index is 10.4. The third-order valence-electron chi connectivity index (χ3n) is 1.30. The van der Waals surface area contributed by atoms with Crippen molar-refractivity contribution in [2.75, 3.05) is 11.2 Å². The molecular weight excluding hydrogens is 258 g/mol. The molecular formula is C7H8BrNO3S. The van der Waals surface area contributed by atoms with Crippen molar-refractivity contribution in [2.24, 2.45) is 0 Å². The zero-order chi connectivity index (χ0) is 9.90. The molecule has 4 nitrogen and oxygen atoms in total. The van der Waals surface area contributed by atoms with Gasteiger partial charge in [0.1, 0.15) is 5.88 Å². The van der Waals surface area contributed by atoms with E-state index in [0.717, 1.165) is 4.47 Å². The lowest BCUT2D eigenvalue weighted by Crippen LogP contribution is -2.12. The van der Waals surface area contributed by atoms with Crippen molar-refractivity contribution >= 4 is 31.7 Å². The first-order valence-corrected chi connectivity index (χ1v) is 5.82. The van der Waals surface area contributed by atoms with Gasteiger partial charge in [-0.1, -0.05) is 15.9 Å². The highest BCUT2D eigenvalue weighted by Crippen LogP contribution is 2.13. The fourth-order valence-corrected chi connectivity index (χ4v) is 1.36. The highest BCUT2D eigenvalue weighted by molar-refractivity contribution is 9.10. The predicted octanol–water partition coefficient (Wildman–Crippen LogP) is 1.71. The van der Waals surface area contributed by atoms with Crippen LogP contribution in [-0.2, 0) is 10.1 Å². The standard InChI is InChI=1S/C7H8BrNO3S/c8-6-1-3-7(4-2-6)9-5-13(10,11)12/h1-4,9H,5H2,(H,10,11,12). The summed E-state index contributed by atoms with van der Waals surface area (Å²) in [5, 5.41) is 2.55. The van der Waals surface area contributed by atoms with E-state index < -0.39 is 16.0 Å². The Morgan fingerprint density at radius 1 is 1.31 bits per heavy atom. The Morgan fingerprint density at radius 2 is 1.85 bits per heavy atom. The second kappa shape index (κ2) is 4.08. The van der Waals surface area contributed by atoms with Crippen molar-refractivity contribution < 1.29 is 13.0 Å². The zero-order valence-corrected chi connectivity index (χ0v) is 8.97. The summed E-state index contributed by atoms with van der Waals surface area (Å²) in [5.74, 6) is -0.478. The molecule has 13 heavy (non-hydrogen) atoms. The second-order valence-corrected chi connectivity index (χ2v) is 4.78. The lowest BCUT2D eigenvalue weighted by molar-refractivity contribution is 0.485. The average molecular weight is 266 g/mol. The number of benzene rings is 1. The van der Waals surface area contributed by atoms with Crippen LogP contribution < -0.4 is 5.32 Å². The van der Waals surface area contributed by atoms with Crippen LogP contribution in [0.25, 0.3) is 0 Å². The molecule has 0 fully saturated rings. The van der Waals surface area contributed by atoms with Gasteiger partial charge in [-0.15, -0.1) is 0 Å². The van der Waals surface area contributed by atoms with E-state index >= 15 is 0 Å². The van der Waals surface area contributed by atoms with Gasteiger partial charge in [-0.3, -0.25) is 4.55 Å². The summed E-state index contributed by atoms with van der Waals surface area (Å²) < 4.78 is 30.1. The molecule has 0 radical (unpaired) electrons. The molecule has 0 bridgehead atoms. The molecule has 6 heteroatoms. The van der Waals surface area contributed by atoms with Crippen molar-refractivity contribution in [1.82, 2.24) is 0 Å². The summed E-state index contributed by atoms with van der Waals surface area (Å²) in [6, 6.07) is 6.95. The molecule has 1 aromatic rings. The first-order valence-electron chi connectivity index (χ1n) is 3.42. The quantitative estimate of drug-likeness (QED) is 0.817. The van der Waals surface area contributed by atoms with E-state index in [1.54, 1.807) is 24.3 Å². The van der Waals surface area contributed by atoms with E-state index in [1.807, 2.05) is 0 Å². The Bertz CT molecular complexity index is 373. The first-order chi connectivity index (χ1) is 5.97. The van der Waals surface area contributed by atoms with Gasteiger partial charge in [0.25, 0.3) is 10.1 Å². The largest absolute Gasteiger partial charge is 0.370 e. The fraction of sp³-hybridized carbons (Fsp3) is 0.143. The fourth-order valence-electron chi connectivity index (χ4n) is 0.742. The minimum atomic E-state index is -3.96. The van der Waals surface area contributed by atoms with Crippen molar-refractivity contribution in [3.05, 3.63) is 28.7 Å². The molecule has 1 aromatic carbocycles. The number of halogens is 1. The minimum absolute atomic E-state index is 0.478. The van der Waals surface area contributed by atoms with Crippen molar-refractivity contribution in [3.8, 4) is 0 Å². The van der Waals surface area contributed by atoms with Gasteiger partial charge in [0, 0.05) is 10.2 Å². The number of nitrogens with one attached hydrogen (secondary N) is 1. The van der Waals surface area contributed by atoms with Crippen LogP contribution in [0, 0.1) is 0 Å². The van der Waals surface area contributed by atoms with Crippen molar-refractivity contribution in [2.45, 2.75) is 0 Å². The maximum Gasteiger partial charge on any atom is 0.283 e. The van der Waals surface area contributed by atoms with Gasteiger partial charge in [-0.2, -0.15) is 8.42 Å². The molecule has 0 unspecified atom stereocenters. The van der Waals surface area contributed by atoms with E-state index in [0.29, 0.717) is 5.69 Å². The molecule has 0 atom stereocenters. The molecule has 0 aliphatic carbocycles. The SMILES string of the molecule is O=S(=O)(O)CNc1ccc(Br)cc1. The average Bonchev–Trinajstić information content (AvgIpc) is 2.02. The normalized spacial score (nSPS) is 11.2. The highest BCUT2D eigenvalue weighted by Gasteiger charge is 2.02. The zero-order valence-electron chi connectivity index (χ0n) is 6.57. The topological polar surface area (TPSA) is 66.4 Å². The maximum atomic E-state index is 10.4. The van der Waals surface area contributed by atoms with Crippen LogP contribution in [0.2, 0.25) is 0 Å². The van der Waals surface area contributed by atoms with Gasteiger partial charge in [-0.05, 0) is 24.3 Å². The van der Waals surface area contributed by atoms with Crippen LogP contribution in [0.5, 0.6) is 0 Å². The van der Waals surface area contributed by atoms with Crippen LogP contribution in [0.4, 0.5) is 5.69 Å². The Balaban J connectivity index is 2.61.